The van der Waals surface area contributed by atoms with E-state index in [-0.39, 0.29) is 74.4 Å². The highest BCUT2D eigenvalue weighted by Gasteiger charge is 2.20. The van der Waals surface area contributed by atoms with Gasteiger partial charge in [0.2, 0.25) is 0 Å². The number of aliphatic hydroxyl groups excluding tert-OH is 1. The van der Waals surface area contributed by atoms with Crippen molar-refractivity contribution in [2.75, 3.05) is 18.6 Å². The zero-order chi connectivity index (χ0) is 55.7. The fraction of sp³-hybridized carbons (Fsp3) is 0.212. The minimum atomic E-state index is -0.310. The first-order chi connectivity index (χ1) is 35.8. The maximum Gasteiger partial charge on any atom is 0.338 e. The summed E-state index contributed by atoms with van der Waals surface area (Å²) in [7, 11) is 0. The van der Waals surface area contributed by atoms with E-state index < -0.39 is 0 Å². The summed E-state index contributed by atoms with van der Waals surface area (Å²) in [4.78, 5) is 35.4. The number of fused-ring (bicyclic) bond motifs is 1. The summed E-state index contributed by atoms with van der Waals surface area (Å²) >= 11 is 24.8. The number of benzene rings is 6. The van der Waals surface area contributed by atoms with E-state index in [0.717, 1.165) is 66.2 Å². The van der Waals surface area contributed by atoms with E-state index in [2.05, 4.69) is 82.1 Å². The van der Waals surface area contributed by atoms with Gasteiger partial charge in [-0.1, -0.05) is 95.9 Å². The standard InChI is InChI=1S/C16H15BrFN3OS.C15H13BrFNO2.C8H5BrO2.C7H8FN.C4H8O.CH2Cl2.CH4N2S.BrH/c17-12-3-6-14(11(7-12)9-23-16(19)20)15(22)21-8-10-1-4-13(18)5-2-10;16-12-3-6-14(11(7-12)9-19)15(20)18-8-10-1-4-13(17)5-2-10;9-6-1-2-7-5(3-6)4-11-8(7)10;8-7-3-1-6(5-9)2-4-7;1-2-4-5-3-1;2-1-3;2-1(3)4;/h1-7H,8-9H2,(H3,19,20)(H,21,22);1-7,19H,8-9H2,(H,18,20);1-3H,4H2;1-4H,5,9H2;1-4H2;1H2;(H4,2,3,4);1H. The molecule has 6 aromatic rings. The van der Waals surface area contributed by atoms with Crippen LogP contribution in [0, 0.1) is 22.9 Å². The third-order valence-corrected chi connectivity index (χ3v) is 11.8. The van der Waals surface area contributed by atoms with Crippen LogP contribution >= 0.6 is 112 Å². The van der Waals surface area contributed by atoms with Crippen molar-refractivity contribution in [2.24, 2.45) is 22.9 Å². The van der Waals surface area contributed by atoms with Gasteiger partial charge in [0.15, 0.2) is 10.3 Å². The Balaban J connectivity index is 0.000000489. The molecule has 76 heavy (non-hydrogen) atoms. The number of carbonyl (C=O) groups is 3. The van der Waals surface area contributed by atoms with Crippen LogP contribution in [0.5, 0.6) is 0 Å². The maximum atomic E-state index is 12.9. The minimum absolute atomic E-state index is 0. The summed E-state index contributed by atoms with van der Waals surface area (Å²) in [5, 5.41) is 22.3. The highest BCUT2D eigenvalue weighted by Crippen LogP contribution is 2.24. The number of alkyl halides is 2. The number of halogens is 9. The van der Waals surface area contributed by atoms with Crippen LogP contribution in [-0.4, -0.2) is 51.7 Å². The number of nitrogens with one attached hydrogen (secondary N) is 3. The Bertz CT molecular complexity index is 2730. The average molecular weight is 1390 g/mol. The van der Waals surface area contributed by atoms with Crippen LogP contribution in [0.2, 0.25) is 0 Å². The molecular weight excluding hydrogens is 1330 g/mol. The van der Waals surface area contributed by atoms with Crippen molar-refractivity contribution in [3.8, 4) is 0 Å². The van der Waals surface area contributed by atoms with Crippen molar-refractivity contribution in [1.29, 1.82) is 5.41 Å². The smallest absolute Gasteiger partial charge is 0.338 e. The van der Waals surface area contributed by atoms with Gasteiger partial charge < -0.3 is 48.1 Å². The number of carbonyl (C=O) groups excluding carboxylic acids is 3. The normalized spacial score (nSPS) is 11.2. The zero-order valence-corrected chi connectivity index (χ0v) is 50.1. The molecule has 6 aromatic carbocycles. The molecule has 2 aliphatic heterocycles. The van der Waals surface area contributed by atoms with Gasteiger partial charge in [-0.05, 0) is 144 Å². The molecule has 0 unspecified atom stereocenters. The van der Waals surface area contributed by atoms with Crippen molar-refractivity contribution in [3.63, 3.8) is 0 Å². The molecule has 1 fully saturated rings. The number of rotatable bonds is 10. The first-order valence-electron chi connectivity index (χ1n) is 22.1. The second-order valence-electron chi connectivity index (χ2n) is 15.1. The predicted molar refractivity (Wildman–Crippen MR) is 318 cm³/mol. The van der Waals surface area contributed by atoms with Crippen LogP contribution in [0.3, 0.4) is 0 Å². The van der Waals surface area contributed by atoms with Gasteiger partial charge in [-0.3, -0.25) is 15.0 Å². The van der Waals surface area contributed by atoms with E-state index in [9.17, 15) is 32.7 Å². The molecule has 0 atom stereocenters. The molecule has 0 spiro atoms. The van der Waals surface area contributed by atoms with Gasteiger partial charge in [-0.2, -0.15) is 0 Å². The summed E-state index contributed by atoms with van der Waals surface area (Å²) in [5.74, 6) is -1.10. The minimum Gasteiger partial charge on any atom is -0.457 e. The number of ether oxygens (including phenoxy) is 2. The van der Waals surface area contributed by atoms with Crippen LogP contribution in [0.25, 0.3) is 0 Å². The van der Waals surface area contributed by atoms with Gasteiger partial charge in [-0.25, -0.2) is 18.0 Å². The van der Waals surface area contributed by atoms with Crippen LogP contribution in [-0.2, 0) is 48.1 Å². The number of hydrogen-bond donors (Lipinski definition) is 8. The van der Waals surface area contributed by atoms with Crippen LogP contribution in [0.4, 0.5) is 13.2 Å². The van der Waals surface area contributed by atoms with Crippen LogP contribution in [0.1, 0.15) is 77.3 Å². The second kappa shape index (κ2) is 39.7. The van der Waals surface area contributed by atoms with Gasteiger partial charge in [0.25, 0.3) is 11.8 Å². The van der Waals surface area contributed by atoms with Gasteiger partial charge in [-0.15, -0.1) is 40.2 Å². The number of hydrogen-bond acceptors (Lipinski definition) is 10. The van der Waals surface area contributed by atoms with E-state index in [0.29, 0.717) is 54.2 Å². The second-order valence-corrected chi connectivity index (χ2v) is 20.1. The lowest BCUT2D eigenvalue weighted by Crippen LogP contribution is -2.24. The lowest BCUT2D eigenvalue weighted by atomic mass is 10.1. The van der Waals surface area contributed by atoms with Crippen LogP contribution in [0.15, 0.2) is 141 Å². The zero-order valence-electron chi connectivity index (χ0n) is 40.4. The fourth-order valence-electron chi connectivity index (χ4n) is 5.97. The van der Waals surface area contributed by atoms with E-state index in [1.54, 1.807) is 72.8 Å². The first kappa shape index (κ1) is 69.4. The Morgan fingerprint density at radius 1 is 0.684 bits per heavy atom. The van der Waals surface area contributed by atoms with Gasteiger partial charge >= 0.3 is 5.97 Å². The molecule has 8 rings (SSSR count). The molecule has 12 N–H and O–H groups in total. The van der Waals surface area contributed by atoms with Crippen LogP contribution < -0.4 is 33.6 Å². The first-order valence-corrected chi connectivity index (χ1v) is 27.0. The molecule has 410 valence electrons. The fourth-order valence-corrected chi connectivity index (χ4v) is 7.74. The van der Waals surface area contributed by atoms with Crippen molar-refractivity contribution in [2.45, 2.75) is 51.4 Å². The summed E-state index contributed by atoms with van der Waals surface area (Å²) in [6.45, 7) is 3.29. The molecule has 0 radical (unpaired) electrons. The summed E-state index contributed by atoms with van der Waals surface area (Å²) in [6.07, 6.45) is 2.56. The lowest BCUT2D eigenvalue weighted by molar-refractivity contribution is 0.0534. The number of cyclic esters (lactones) is 1. The molecule has 0 aliphatic carbocycles. The van der Waals surface area contributed by atoms with Gasteiger partial charge in [0.05, 0.1) is 17.5 Å². The highest BCUT2D eigenvalue weighted by molar-refractivity contribution is 9.11. The molecule has 0 aromatic heterocycles. The Hall–Kier alpha value is -4.59. The number of nitrogens with two attached hydrogens (primary N) is 4. The molecule has 2 heterocycles. The van der Waals surface area contributed by atoms with Crippen molar-refractivity contribution >= 4 is 140 Å². The molecule has 13 nitrogen and oxygen atoms in total. The van der Waals surface area contributed by atoms with Gasteiger partial charge in [0.1, 0.15) is 24.1 Å². The summed E-state index contributed by atoms with van der Waals surface area (Å²) in [6, 6.07) is 34.0. The van der Waals surface area contributed by atoms with Gasteiger partial charge in [0, 0.05) is 68.7 Å². The lowest BCUT2D eigenvalue weighted by Gasteiger charge is -2.11. The molecule has 24 heteroatoms. The highest BCUT2D eigenvalue weighted by atomic mass is 79.9. The Kier molecular flexibility index (Phi) is 36.3. The van der Waals surface area contributed by atoms with E-state index in [1.807, 2.05) is 18.2 Å². The Morgan fingerprint density at radius 3 is 1.47 bits per heavy atom. The molecular formula is C52H56Br4Cl2F3N7O6S2. The quantitative estimate of drug-likeness (QED) is 0.0210. The van der Waals surface area contributed by atoms with E-state index >= 15 is 0 Å². The topological polar surface area (TPSA) is 242 Å². The largest absolute Gasteiger partial charge is 0.457 e. The number of thiocarbonyl (C=S) groups is 1. The number of amides is 2. The number of thioether (sulfide) groups is 1. The monoisotopic (exact) mass is 1380 g/mol. The predicted octanol–water partition coefficient (Wildman–Crippen LogP) is 12.0. The van der Waals surface area contributed by atoms with Crippen molar-refractivity contribution < 1.29 is 42.1 Å². The SMILES string of the molecule is Br.C1CCOC1.ClCCl.N=C(N)SCc1cc(Br)ccc1C(=O)NCc1ccc(F)cc1.NC(N)=S.NCc1ccc(F)cc1.O=C(NCc1ccc(F)cc1)c1ccc(Br)cc1CO.O=C1OCc2cc(Br)ccc21. The molecule has 2 amide bonds. The van der Waals surface area contributed by atoms with E-state index in [1.165, 1.54) is 49.2 Å². The third-order valence-electron chi connectivity index (χ3n) is 9.53. The van der Waals surface area contributed by atoms with E-state index in [4.69, 9.17) is 49.6 Å². The molecule has 1 saturated heterocycles. The summed E-state index contributed by atoms with van der Waals surface area (Å²) in [5.41, 5.74) is 26.4. The number of esters is 1. The van der Waals surface area contributed by atoms with Crippen molar-refractivity contribution in [1.82, 2.24) is 10.6 Å². The summed E-state index contributed by atoms with van der Waals surface area (Å²) < 4.78 is 50.2. The molecule has 0 saturated carbocycles. The molecule has 2 aliphatic rings. The number of aliphatic hydroxyl groups is 1. The Morgan fingerprint density at radius 2 is 1.08 bits per heavy atom. The average Bonchev–Trinajstić information content (AvgIpc) is 4.10. The van der Waals surface area contributed by atoms with Crippen molar-refractivity contribution in [3.05, 3.63) is 208 Å². The number of amidine groups is 1. The molecule has 0 bridgehead atoms. The maximum absolute atomic E-state index is 12.9. The Labute approximate surface area is 495 Å². The third kappa shape index (κ3) is 29.2.